The zero-order valence-corrected chi connectivity index (χ0v) is 17.4. The van der Waals surface area contributed by atoms with E-state index in [9.17, 15) is 13.2 Å². The number of rotatable bonds is 3. The van der Waals surface area contributed by atoms with Crippen LogP contribution in [0.15, 0.2) is 41.3 Å². The number of sulfonamides is 1. The zero-order chi connectivity index (χ0) is 19.9. The first-order valence-electron chi connectivity index (χ1n) is 9.28. The topological polar surface area (TPSA) is 66.5 Å². The minimum Gasteiger partial charge on any atom is -0.352 e. The zero-order valence-electron chi connectivity index (χ0n) is 15.1. The summed E-state index contributed by atoms with van der Waals surface area (Å²) in [7, 11) is -3.91. The van der Waals surface area contributed by atoms with Crippen LogP contribution < -0.4 is 9.62 Å². The van der Waals surface area contributed by atoms with E-state index in [1.807, 2.05) is 0 Å². The smallest absolute Gasteiger partial charge is 0.265 e. The molecule has 0 bridgehead atoms. The van der Waals surface area contributed by atoms with Crippen LogP contribution in [0.25, 0.3) is 11.1 Å². The molecule has 2 aromatic rings. The summed E-state index contributed by atoms with van der Waals surface area (Å²) in [6.45, 7) is -0.309. The van der Waals surface area contributed by atoms with Gasteiger partial charge in [0, 0.05) is 22.2 Å². The third kappa shape index (κ3) is 3.49. The number of carbonyl (C=O) groups is 1. The molecule has 0 saturated heterocycles. The summed E-state index contributed by atoms with van der Waals surface area (Å²) in [5.74, 6) is -0.322. The van der Waals surface area contributed by atoms with Gasteiger partial charge in [-0.2, -0.15) is 0 Å². The van der Waals surface area contributed by atoms with Crippen molar-refractivity contribution in [1.82, 2.24) is 5.32 Å². The molecular weight excluding hydrogens is 419 g/mol. The standard InChI is InChI=1S/C20H20Cl2N2O3S/c21-13-10-16(22)20-15-8-4-5-9-18(15)28(26,27)24(17(20)11-13)12-19(25)23-14-6-2-1-3-7-14/h4-5,8-11,14H,1-3,6-7,12H2,(H,23,25). The second-order valence-corrected chi connectivity index (χ2v) is 9.87. The Kier molecular flexibility index (Phi) is 5.29. The highest BCUT2D eigenvalue weighted by Crippen LogP contribution is 2.47. The summed E-state index contributed by atoms with van der Waals surface area (Å²) in [5, 5.41) is 3.64. The van der Waals surface area contributed by atoms with Gasteiger partial charge in [0.05, 0.1) is 15.6 Å². The van der Waals surface area contributed by atoms with Crippen LogP contribution in [0, 0.1) is 0 Å². The Labute approximate surface area is 174 Å². The molecule has 1 N–H and O–H groups in total. The molecule has 1 saturated carbocycles. The number of nitrogens with one attached hydrogen (secondary N) is 1. The molecule has 2 aliphatic rings. The van der Waals surface area contributed by atoms with Crippen molar-refractivity contribution >= 4 is 44.8 Å². The monoisotopic (exact) mass is 438 g/mol. The minimum absolute atomic E-state index is 0.100. The number of nitrogens with zero attached hydrogens (tertiary/aromatic N) is 1. The van der Waals surface area contributed by atoms with E-state index in [1.54, 1.807) is 30.3 Å². The highest BCUT2D eigenvalue weighted by molar-refractivity contribution is 7.93. The van der Waals surface area contributed by atoms with E-state index in [1.165, 1.54) is 12.5 Å². The predicted octanol–water partition coefficient (Wildman–Crippen LogP) is 4.62. The SMILES string of the molecule is O=C(CN1c2cc(Cl)cc(Cl)c2-c2ccccc2S1(=O)=O)NC1CCCCC1. The van der Waals surface area contributed by atoms with Gasteiger partial charge in [-0.25, -0.2) is 8.42 Å². The fourth-order valence-electron chi connectivity index (χ4n) is 3.99. The van der Waals surface area contributed by atoms with Gasteiger partial charge in [0.1, 0.15) is 6.54 Å². The quantitative estimate of drug-likeness (QED) is 0.759. The number of amides is 1. The van der Waals surface area contributed by atoms with Crippen molar-refractivity contribution in [3.05, 3.63) is 46.4 Å². The number of hydrogen-bond acceptors (Lipinski definition) is 3. The summed E-state index contributed by atoms with van der Waals surface area (Å²) in [4.78, 5) is 12.8. The molecule has 8 heteroatoms. The van der Waals surface area contributed by atoms with Gasteiger partial charge in [-0.1, -0.05) is 60.7 Å². The number of anilines is 1. The number of fused-ring (bicyclic) bond motifs is 3. The molecule has 2 aromatic carbocycles. The van der Waals surface area contributed by atoms with Gasteiger partial charge in [-0.3, -0.25) is 9.10 Å². The van der Waals surface area contributed by atoms with E-state index in [-0.39, 0.29) is 23.4 Å². The average molecular weight is 439 g/mol. The third-order valence-electron chi connectivity index (χ3n) is 5.28. The summed E-state index contributed by atoms with van der Waals surface area (Å²) >= 11 is 12.6. The van der Waals surface area contributed by atoms with Gasteiger partial charge in [0.2, 0.25) is 5.91 Å². The normalized spacial score (nSPS) is 18.3. The minimum atomic E-state index is -3.91. The van der Waals surface area contributed by atoms with Crippen molar-refractivity contribution in [3.8, 4) is 11.1 Å². The first-order valence-corrected chi connectivity index (χ1v) is 11.5. The maximum absolute atomic E-state index is 13.3. The van der Waals surface area contributed by atoms with Crippen LogP contribution in [0.5, 0.6) is 0 Å². The van der Waals surface area contributed by atoms with Crippen molar-refractivity contribution in [2.24, 2.45) is 0 Å². The Balaban J connectivity index is 1.74. The van der Waals surface area contributed by atoms with Crippen molar-refractivity contribution in [3.63, 3.8) is 0 Å². The Hall–Kier alpha value is -1.76. The third-order valence-corrected chi connectivity index (χ3v) is 7.62. The molecule has 1 fully saturated rings. The van der Waals surface area contributed by atoms with Crippen molar-refractivity contribution < 1.29 is 13.2 Å². The highest BCUT2D eigenvalue weighted by atomic mass is 35.5. The van der Waals surface area contributed by atoms with Crippen LogP contribution in [-0.4, -0.2) is 26.9 Å². The fourth-order valence-corrected chi connectivity index (χ4v) is 6.20. The average Bonchev–Trinajstić information content (AvgIpc) is 2.65. The first-order chi connectivity index (χ1) is 13.4. The molecular formula is C20H20Cl2N2O3S. The first kappa shape index (κ1) is 19.6. The van der Waals surface area contributed by atoms with Crippen molar-refractivity contribution in [2.75, 3.05) is 10.8 Å². The largest absolute Gasteiger partial charge is 0.352 e. The van der Waals surface area contributed by atoms with Gasteiger partial charge in [0.15, 0.2) is 0 Å². The number of carbonyl (C=O) groups excluding carboxylic acids is 1. The molecule has 0 spiro atoms. The van der Waals surface area contributed by atoms with E-state index in [4.69, 9.17) is 23.2 Å². The summed E-state index contributed by atoms with van der Waals surface area (Å²) in [6.07, 6.45) is 5.18. The second kappa shape index (κ2) is 7.58. The van der Waals surface area contributed by atoms with Crippen molar-refractivity contribution in [1.29, 1.82) is 0 Å². The Morgan fingerprint density at radius 1 is 1.11 bits per heavy atom. The van der Waals surface area contributed by atoms with Crippen LogP contribution in [0.4, 0.5) is 5.69 Å². The molecule has 28 heavy (non-hydrogen) atoms. The second-order valence-electron chi connectivity index (χ2n) is 7.19. The number of hydrogen-bond donors (Lipinski definition) is 1. The van der Waals surface area contributed by atoms with E-state index in [2.05, 4.69) is 5.32 Å². The lowest BCUT2D eigenvalue weighted by atomic mass is 9.95. The number of benzene rings is 2. The molecule has 1 amide bonds. The lowest BCUT2D eigenvalue weighted by molar-refractivity contribution is -0.120. The molecule has 0 radical (unpaired) electrons. The lowest BCUT2D eigenvalue weighted by Crippen LogP contribution is -2.45. The van der Waals surface area contributed by atoms with Crippen molar-refractivity contribution in [2.45, 2.75) is 43.0 Å². The Morgan fingerprint density at radius 2 is 1.82 bits per heavy atom. The van der Waals surface area contributed by atoms with Gasteiger partial charge in [-0.15, -0.1) is 0 Å². The van der Waals surface area contributed by atoms with Crippen LogP contribution in [0.1, 0.15) is 32.1 Å². The molecule has 4 rings (SSSR count). The molecule has 0 atom stereocenters. The summed E-state index contributed by atoms with van der Waals surface area (Å²) in [6, 6.07) is 9.89. The van der Waals surface area contributed by atoms with Gasteiger partial charge in [0.25, 0.3) is 10.0 Å². The van der Waals surface area contributed by atoms with Crippen LogP contribution in [0.2, 0.25) is 10.0 Å². The van der Waals surface area contributed by atoms with Gasteiger partial charge >= 0.3 is 0 Å². The summed E-state index contributed by atoms with van der Waals surface area (Å²) < 4.78 is 27.7. The maximum atomic E-state index is 13.3. The molecule has 5 nitrogen and oxygen atoms in total. The molecule has 0 aromatic heterocycles. The highest BCUT2D eigenvalue weighted by Gasteiger charge is 2.37. The fraction of sp³-hybridized carbons (Fsp3) is 0.350. The summed E-state index contributed by atoms with van der Waals surface area (Å²) in [5.41, 5.74) is 1.42. The van der Waals surface area contributed by atoms with Gasteiger partial charge in [-0.05, 0) is 31.0 Å². The van der Waals surface area contributed by atoms with Crippen LogP contribution in [-0.2, 0) is 14.8 Å². The number of halogens is 2. The Morgan fingerprint density at radius 3 is 2.57 bits per heavy atom. The molecule has 1 aliphatic heterocycles. The predicted molar refractivity (Wildman–Crippen MR) is 111 cm³/mol. The van der Waals surface area contributed by atoms with E-state index in [0.717, 1.165) is 30.0 Å². The van der Waals surface area contributed by atoms with Gasteiger partial charge < -0.3 is 5.32 Å². The Bertz CT molecular complexity index is 1030. The van der Waals surface area contributed by atoms with Crippen LogP contribution >= 0.6 is 23.2 Å². The molecule has 0 unspecified atom stereocenters. The van der Waals surface area contributed by atoms with E-state index >= 15 is 0 Å². The van der Waals surface area contributed by atoms with Crippen LogP contribution in [0.3, 0.4) is 0 Å². The lowest BCUT2D eigenvalue weighted by Gasteiger charge is -2.33. The van der Waals surface area contributed by atoms with E-state index < -0.39 is 10.0 Å². The molecule has 148 valence electrons. The van der Waals surface area contributed by atoms with E-state index in [0.29, 0.717) is 26.9 Å². The maximum Gasteiger partial charge on any atom is 0.265 e. The molecule has 1 aliphatic carbocycles. The molecule has 1 heterocycles.